The minimum atomic E-state index is 0.132. The number of aromatic nitrogens is 2. The summed E-state index contributed by atoms with van der Waals surface area (Å²) in [4.78, 5) is 38.2. The predicted molar refractivity (Wildman–Crippen MR) is 106 cm³/mol. The Hall–Kier alpha value is -2.02. The van der Waals surface area contributed by atoms with Crippen LogP contribution in [0.5, 0.6) is 0 Å². The summed E-state index contributed by atoms with van der Waals surface area (Å²) >= 11 is 0. The van der Waals surface area contributed by atoms with Gasteiger partial charge in [0.05, 0.1) is 19.4 Å². The molecule has 0 spiro atoms. The molecule has 0 radical (unpaired) electrons. The number of carbonyl (C=O) groups excluding carboxylic acids is 2. The Balaban J connectivity index is 1.69. The average Bonchev–Trinajstić information content (AvgIpc) is 3.23. The summed E-state index contributed by atoms with van der Waals surface area (Å²) in [6.07, 6.45) is 4.93. The fourth-order valence-electron chi connectivity index (χ4n) is 4.20. The number of amides is 2. The molecule has 0 N–H and O–H groups in total. The van der Waals surface area contributed by atoms with Crippen molar-refractivity contribution in [1.29, 1.82) is 0 Å². The monoisotopic (exact) mass is 388 g/mol. The number of hydrogen-bond donors (Lipinski definition) is 0. The first-order valence-corrected chi connectivity index (χ1v) is 10.4. The van der Waals surface area contributed by atoms with E-state index in [9.17, 15) is 9.59 Å². The van der Waals surface area contributed by atoms with E-state index < -0.39 is 0 Å². The third-order valence-electron chi connectivity index (χ3n) is 5.88. The number of likely N-dealkylation sites (tertiary alicyclic amines) is 2. The molecule has 0 unspecified atom stereocenters. The molecular formula is C21H32N4O3. The molecule has 0 aliphatic carbocycles. The molecule has 28 heavy (non-hydrogen) atoms. The quantitative estimate of drug-likeness (QED) is 0.745. The van der Waals surface area contributed by atoms with Crippen molar-refractivity contribution in [2.75, 3.05) is 39.9 Å². The van der Waals surface area contributed by atoms with Gasteiger partial charge in [-0.15, -0.1) is 0 Å². The Kier molecular flexibility index (Phi) is 6.99. The van der Waals surface area contributed by atoms with Crippen molar-refractivity contribution in [2.45, 2.75) is 58.3 Å². The van der Waals surface area contributed by atoms with Crippen molar-refractivity contribution in [1.82, 2.24) is 19.8 Å². The molecule has 0 bridgehead atoms. The summed E-state index contributed by atoms with van der Waals surface area (Å²) in [6.45, 7) is 7.57. The zero-order chi connectivity index (χ0) is 20.1. The zero-order valence-electron chi connectivity index (χ0n) is 17.4. The smallest absolute Gasteiger partial charge is 0.227 e. The van der Waals surface area contributed by atoms with E-state index in [-0.39, 0.29) is 17.7 Å². The first-order valence-electron chi connectivity index (χ1n) is 10.4. The highest BCUT2D eigenvalue weighted by atomic mass is 16.5. The second-order valence-corrected chi connectivity index (χ2v) is 7.92. The van der Waals surface area contributed by atoms with Gasteiger partial charge in [-0.25, -0.2) is 9.97 Å². The maximum atomic E-state index is 12.5. The molecule has 1 aromatic rings. The van der Waals surface area contributed by atoms with Gasteiger partial charge in [0.15, 0.2) is 0 Å². The van der Waals surface area contributed by atoms with E-state index in [4.69, 9.17) is 14.7 Å². The number of methoxy groups -OCH3 is 1. The minimum Gasteiger partial charge on any atom is -0.384 e. The highest BCUT2D eigenvalue weighted by Crippen LogP contribution is 2.26. The highest BCUT2D eigenvalue weighted by molar-refractivity contribution is 5.79. The molecule has 2 fully saturated rings. The van der Waals surface area contributed by atoms with Crippen LogP contribution in [-0.4, -0.2) is 71.5 Å². The lowest BCUT2D eigenvalue weighted by Gasteiger charge is -2.32. The largest absolute Gasteiger partial charge is 0.384 e. The number of piperidine rings is 1. The first-order chi connectivity index (χ1) is 13.5. The van der Waals surface area contributed by atoms with Gasteiger partial charge in [-0.1, -0.05) is 0 Å². The Bertz CT molecular complexity index is 693. The summed E-state index contributed by atoms with van der Waals surface area (Å²) in [5.41, 5.74) is 2.72. The van der Waals surface area contributed by atoms with Gasteiger partial charge in [0.1, 0.15) is 5.82 Å². The van der Waals surface area contributed by atoms with Gasteiger partial charge in [-0.2, -0.15) is 0 Å². The summed E-state index contributed by atoms with van der Waals surface area (Å²) in [5.74, 6) is 1.26. The van der Waals surface area contributed by atoms with Crippen LogP contribution in [0.3, 0.4) is 0 Å². The summed E-state index contributed by atoms with van der Waals surface area (Å²) < 4.78 is 5.02. The molecule has 1 atom stereocenters. The van der Waals surface area contributed by atoms with Crippen LogP contribution >= 0.6 is 0 Å². The second-order valence-electron chi connectivity index (χ2n) is 7.92. The van der Waals surface area contributed by atoms with Gasteiger partial charge in [0, 0.05) is 56.2 Å². The highest BCUT2D eigenvalue weighted by Gasteiger charge is 2.28. The van der Waals surface area contributed by atoms with E-state index in [0.29, 0.717) is 26.0 Å². The molecular weight excluding hydrogens is 356 g/mol. The number of hydrogen-bond acceptors (Lipinski definition) is 5. The summed E-state index contributed by atoms with van der Waals surface area (Å²) in [6, 6.07) is 0. The van der Waals surface area contributed by atoms with Crippen LogP contribution in [0, 0.1) is 13.8 Å². The van der Waals surface area contributed by atoms with Crippen LogP contribution in [-0.2, 0) is 20.7 Å². The number of aryl methyl sites for hydroxylation is 2. The topological polar surface area (TPSA) is 75.6 Å². The zero-order valence-corrected chi connectivity index (χ0v) is 17.4. The van der Waals surface area contributed by atoms with Crippen molar-refractivity contribution in [3.8, 4) is 0 Å². The third-order valence-corrected chi connectivity index (χ3v) is 5.88. The lowest BCUT2D eigenvalue weighted by atomic mass is 9.96. The van der Waals surface area contributed by atoms with Crippen LogP contribution < -0.4 is 0 Å². The minimum absolute atomic E-state index is 0.132. The van der Waals surface area contributed by atoms with E-state index in [0.717, 1.165) is 68.1 Å². The van der Waals surface area contributed by atoms with Gasteiger partial charge in [0.2, 0.25) is 11.8 Å². The predicted octanol–water partition coefficient (Wildman–Crippen LogP) is 2.00. The van der Waals surface area contributed by atoms with Crippen molar-refractivity contribution in [3.63, 3.8) is 0 Å². The van der Waals surface area contributed by atoms with Gasteiger partial charge < -0.3 is 14.5 Å². The summed E-state index contributed by atoms with van der Waals surface area (Å²) in [5, 5.41) is 0. The Morgan fingerprint density at radius 1 is 1.00 bits per heavy atom. The van der Waals surface area contributed by atoms with E-state index in [2.05, 4.69) is 0 Å². The molecule has 3 heterocycles. The van der Waals surface area contributed by atoms with Crippen LogP contribution in [0.25, 0.3) is 0 Å². The van der Waals surface area contributed by atoms with E-state index in [1.807, 2.05) is 23.6 Å². The SMILES string of the molecule is COCCC(=O)N1CCC[C@@H](c2nc(C)c(CC(=O)N3CCCC3)c(C)n2)C1. The maximum absolute atomic E-state index is 12.5. The van der Waals surface area contributed by atoms with E-state index >= 15 is 0 Å². The molecule has 2 saturated heterocycles. The van der Waals surface area contributed by atoms with Crippen molar-refractivity contribution < 1.29 is 14.3 Å². The van der Waals surface area contributed by atoms with Gasteiger partial charge in [-0.05, 0) is 39.5 Å². The molecule has 2 amide bonds. The number of ether oxygens (including phenoxy) is 1. The molecule has 0 saturated carbocycles. The number of carbonyl (C=O) groups is 2. The average molecular weight is 389 g/mol. The van der Waals surface area contributed by atoms with Crippen LogP contribution in [0.2, 0.25) is 0 Å². The fourth-order valence-corrected chi connectivity index (χ4v) is 4.20. The lowest BCUT2D eigenvalue weighted by molar-refractivity contribution is -0.133. The van der Waals surface area contributed by atoms with Crippen molar-refractivity contribution in [3.05, 3.63) is 22.8 Å². The van der Waals surface area contributed by atoms with Gasteiger partial charge in [0.25, 0.3) is 0 Å². The van der Waals surface area contributed by atoms with Gasteiger partial charge >= 0.3 is 0 Å². The van der Waals surface area contributed by atoms with Crippen molar-refractivity contribution in [2.24, 2.45) is 0 Å². The lowest BCUT2D eigenvalue weighted by Crippen LogP contribution is -2.40. The standard InChI is InChI=1S/C21H32N4O3/c1-15-18(13-20(27)24-9-4-5-10-24)16(2)23-21(22-15)17-7-6-11-25(14-17)19(26)8-12-28-3/h17H,4-14H2,1-3H3/t17-/m1/s1. The fraction of sp³-hybridized carbons (Fsp3) is 0.714. The normalized spacial score (nSPS) is 19.9. The van der Waals surface area contributed by atoms with Crippen LogP contribution in [0.15, 0.2) is 0 Å². The van der Waals surface area contributed by atoms with Crippen LogP contribution in [0.4, 0.5) is 0 Å². The number of nitrogens with zero attached hydrogens (tertiary/aromatic N) is 4. The molecule has 154 valence electrons. The molecule has 1 aromatic heterocycles. The molecule has 3 rings (SSSR count). The Morgan fingerprint density at radius 3 is 2.29 bits per heavy atom. The third kappa shape index (κ3) is 4.87. The van der Waals surface area contributed by atoms with Crippen LogP contribution in [0.1, 0.15) is 60.8 Å². The van der Waals surface area contributed by atoms with Crippen molar-refractivity contribution >= 4 is 11.8 Å². The Morgan fingerprint density at radius 2 is 1.64 bits per heavy atom. The molecule has 0 aromatic carbocycles. The summed E-state index contributed by atoms with van der Waals surface area (Å²) in [7, 11) is 1.61. The molecule has 7 heteroatoms. The molecule has 2 aliphatic heterocycles. The number of rotatable bonds is 6. The van der Waals surface area contributed by atoms with Gasteiger partial charge in [-0.3, -0.25) is 9.59 Å². The van der Waals surface area contributed by atoms with E-state index in [1.54, 1.807) is 7.11 Å². The Labute approximate surface area is 167 Å². The molecule has 7 nitrogen and oxygen atoms in total. The maximum Gasteiger partial charge on any atom is 0.227 e. The molecule has 2 aliphatic rings. The first kappa shape index (κ1) is 20.7. The van der Waals surface area contributed by atoms with E-state index in [1.165, 1.54) is 0 Å². The second kappa shape index (κ2) is 9.45.